The van der Waals surface area contributed by atoms with Gasteiger partial charge in [0.25, 0.3) is 10.0 Å². The number of likely N-dealkylation sites (tertiary alicyclic amines) is 1. The zero-order valence-electron chi connectivity index (χ0n) is 16.7. The van der Waals surface area contributed by atoms with E-state index in [0.29, 0.717) is 28.4 Å². The maximum absolute atomic E-state index is 13.7. The van der Waals surface area contributed by atoms with E-state index in [1.54, 1.807) is 42.7 Å². The Balaban J connectivity index is 1.64. The van der Waals surface area contributed by atoms with Gasteiger partial charge in [0, 0.05) is 30.4 Å². The summed E-state index contributed by atoms with van der Waals surface area (Å²) >= 11 is 0. The molecule has 1 saturated heterocycles. The minimum absolute atomic E-state index is 0.0219. The lowest BCUT2D eigenvalue weighted by atomic mass is 10.1. The average Bonchev–Trinajstić information content (AvgIpc) is 3.32. The number of nitrogens with zero attached hydrogens (tertiary/aromatic N) is 3. The maximum atomic E-state index is 13.7. The molecule has 0 aliphatic carbocycles. The monoisotopic (exact) mass is 425 g/mol. The molecule has 2 aliphatic rings. The molecule has 2 aromatic heterocycles. The van der Waals surface area contributed by atoms with Gasteiger partial charge in [0.2, 0.25) is 0 Å². The van der Waals surface area contributed by atoms with Crippen LogP contribution >= 0.6 is 0 Å². The van der Waals surface area contributed by atoms with Crippen LogP contribution in [-0.4, -0.2) is 54.3 Å². The van der Waals surface area contributed by atoms with E-state index in [0.717, 1.165) is 31.4 Å². The predicted molar refractivity (Wildman–Crippen MR) is 112 cm³/mol. The second-order valence-corrected chi connectivity index (χ2v) is 9.83. The molecule has 5 rings (SSSR count). The standard InChI is InChI=1S/C22H23N3O4S/c1-24-10-4-5-16(24)11-15-13-25(19-6-3-9-23-22(15)19)30(27,28)21-8-2-7-20-18(21)12-17(26)14-29-20/h2-3,6-9,13,16H,4-5,10-12,14H2,1H3/t16-/m0/s1. The normalized spacial score (nSPS) is 19.8. The number of aromatic nitrogens is 2. The van der Waals surface area contributed by atoms with Crippen LogP contribution in [0.25, 0.3) is 11.0 Å². The number of hydrogen-bond donors (Lipinski definition) is 0. The van der Waals surface area contributed by atoms with E-state index in [4.69, 9.17) is 4.74 Å². The molecule has 4 heterocycles. The van der Waals surface area contributed by atoms with Crippen molar-refractivity contribution in [2.24, 2.45) is 0 Å². The van der Waals surface area contributed by atoms with Crippen LogP contribution in [0.1, 0.15) is 24.0 Å². The van der Waals surface area contributed by atoms with Gasteiger partial charge < -0.3 is 9.64 Å². The molecule has 7 nitrogen and oxygen atoms in total. The highest BCUT2D eigenvalue weighted by atomic mass is 32.2. The molecule has 1 fully saturated rings. The SMILES string of the molecule is CN1CCC[C@H]1Cc1cn(S(=O)(=O)c2cccc3c2CC(=O)CO3)c2cccnc12. The minimum Gasteiger partial charge on any atom is -0.485 e. The first-order chi connectivity index (χ1) is 14.4. The molecular formula is C22H23N3O4S. The van der Waals surface area contributed by atoms with E-state index in [-0.39, 0.29) is 23.7 Å². The molecule has 0 amide bonds. The van der Waals surface area contributed by atoms with Gasteiger partial charge in [0.15, 0.2) is 5.78 Å². The van der Waals surface area contributed by atoms with Crippen molar-refractivity contribution in [1.29, 1.82) is 0 Å². The van der Waals surface area contributed by atoms with Gasteiger partial charge in [-0.25, -0.2) is 12.4 Å². The van der Waals surface area contributed by atoms with E-state index < -0.39 is 10.0 Å². The van der Waals surface area contributed by atoms with E-state index in [9.17, 15) is 13.2 Å². The fraction of sp³-hybridized carbons (Fsp3) is 0.364. The summed E-state index contributed by atoms with van der Waals surface area (Å²) in [6, 6.07) is 8.80. The molecule has 0 saturated carbocycles. The number of hydrogen-bond acceptors (Lipinski definition) is 6. The molecule has 0 unspecified atom stereocenters. The largest absolute Gasteiger partial charge is 0.485 e. The summed E-state index contributed by atoms with van der Waals surface area (Å²) in [7, 11) is -1.82. The van der Waals surface area contributed by atoms with Gasteiger partial charge in [-0.15, -0.1) is 0 Å². The van der Waals surface area contributed by atoms with Crippen LogP contribution in [-0.2, 0) is 27.7 Å². The number of pyridine rings is 1. The third kappa shape index (κ3) is 3.11. The van der Waals surface area contributed by atoms with Gasteiger partial charge in [-0.05, 0) is 62.7 Å². The maximum Gasteiger partial charge on any atom is 0.268 e. The number of fused-ring (bicyclic) bond motifs is 2. The lowest BCUT2D eigenvalue weighted by molar-refractivity contribution is -0.121. The summed E-state index contributed by atoms with van der Waals surface area (Å²) in [5, 5.41) is 0. The highest BCUT2D eigenvalue weighted by Crippen LogP contribution is 2.33. The molecule has 3 aromatic rings. The number of carbonyl (C=O) groups is 1. The second kappa shape index (κ2) is 7.21. The Hall–Kier alpha value is -2.71. The zero-order valence-corrected chi connectivity index (χ0v) is 17.6. The first-order valence-corrected chi connectivity index (χ1v) is 11.6. The van der Waals surface area contributed by atoms with E-state index in [1.807, 2.05) is 0 Å². The first-order valence-electron chi connectivity index (χ1n) is 10.1. The van der Waals surface area contributed by atoms with Crippen molar-refractivity contribution in [3.63, 3.8) is 0 Å². The quantitative estimate of drug-likeness (QED) is 0.639. The van der Waals surface area contributed by atoms with Crippen LogP contribution in [0.4, 0.5) is 0 Å². The fourth-order valence-electron chi connectivity index (χ4n) is 4.54. The molecule has 0 radical (unpaired) electrons. The number of rotatable bonds is 4. The van der Waals surface area contributed by atoms with Gasteiger partial charge in [0.05, 0.1) is 15.9 Å². The summed E-state index contributed by atoms with van der Waals surface area (Å²) in [6.07, 6.45) is 6.44. The number of likely N-dealkylation sites (N-methyl/N-ethyl adjacent to an activating group) is 1. The van der Waals surface area contributed by atoms with Crippen molar-refractivity contribution < 1.29 is 17.9 Å². The Labute approximate surface area is 175 Å². The Morgan fingerprint density at radius 2 is 2.10 bits per heavy atom. The molecule has 0 N–H and O–H groups in total. The van der Waals surface area contributed by atoms with Gasteiger partial charge in [-0.2, -0.15) is 0 Å². The molecule has 1 atom stereocenters. The van der Waals surface area contributed by atoms with Crippen LogP contribution in [0.15, 0.2) is 47.6 Å². The number of Topliss-reactive ketones (excluding diaryl/α,β-unsaturated/α-hetero) is 1. The number of ether oxygens (including phenoxy) is 1. The van der Waals surface area contributed by atoms with Crippen LogP contribution in [0.2, 0.25) is 0 Å². The van der Waals surface area contributed by atoms with Crippen molar-refractivity contribution in [1.82, 2.24) is 13.9 Å². The van der Waals surface area contributed by atoms with Gasteiger partial charge in [-0.3, -0.25) is 9.78 Å². The topological polar surface area (TPSA) is 81.5 Å². The first kappa shape index (κ1) is 19.3. The number of carbonyl (C=O) groups excluding carboxylic acids is 1. The molecule has 2 aliphatic heterocycles. The minimum atomic E-state index is -3.93. The third-order valence-electron chi connectivity index (χ3n) is 6.12. The summed E-state index contributed by atoms with van der Waals surface area (Å²) in [6.45, 7) is 1.03. The van der Waals surface area contributed by atoms with Crippen molar-refractivity contribution >= 4 is 26.8 Å². The number of ketones is 1. The molecular weight excluding hydrogens is 402 g/mol. The molecule has 0 spiro atoms. The summed E-state index contributed by atoms with van der Waals surface area (Å²) in [4.78, 5) is 18.9. The Morgan fingerprint density at radius 3 is 2.90 bits per heavy atom. The van der Waals surface area contributed by atoms with E-state index in [2.05, 4.69) is 16.9 Å². The number of benzene rings is 1. The fourth-order valence-corrected chi connectivity index (χ4v) is 6.16. The molecule has 30 heavy (non-hydrogen) atoms. The van der Waals surface area contributed by atoms with E-state index in [1.165, 1.54) is 3.97 Å². The van der Waals surface area contributed by atoms with Crippen LogP contribution in [0, 0.1) is 0 Å². The van der Waals surface area contributed by atoms with Crippen LogP contribution in [0.5, 0.6) is 5.75 Å². The molecule has 8 heteroatoms. The highest BCUT2D eigenvalue weighted by Gasteiger charge is 2.30. The zero-order chi connectivity index (χ0) is 20.9. The van der Waals surface area contributed by atoms with E-state index >= 15 is 0 Å². The van der Waals surface area contributed by atoms with Gasteiger partial charge in [-0.1, -0.05) is 6.07 Å². The van der Waals surface area contributed by atoms with Gasteiger partial charge in [0.1, 0.15) is 12.4 Å². The summed E-state index contributed by atoms with van der Waals surface area (Å²) < 4.78 is 34.2. The van der Waals surface area contributed by atoms with Crippen molar-refractivity contribution in [3.05, 3.63) is 53.9 Å². The molecule has 1 aromatic carbocycles. The summed E-state index contributed by atoms with van der Waals surface area (Å²) in [5.74, 6) is 0.326. The Morgan fingerprint density at radius 1 is 1.23 bits per heavy atom. The average molecular weight is 426 g/mol. The lowest BCUT2D eigenvalue weighted by Crippen LogP contribution is -2.26. The van der Waals surface area contributed by atoms with Crippen LogP contribution in [0.3, 0.4) is 0 Å². The summed E-state index contributed by atoms with van der Waals surface area (Å²) in [5.41, 5.74) is 2.61. The second-order valence-electron chi connectivity index (χ2n) is 8.04. The van der Waals surface area contributed by atoms with Crippen molar-refractivity contribution in [2.75, 3.05) is 20.2 Å². The van der Waals surface area contributed by atoms with Crippen LogP contribution < -0.4 is 4.74 Å². The molecule has 0 bridgehead atoms. The Kier molecular flexibility index (Phi) is 4.63. The molecule has 156 valence electrons. The van der Waals surface area contributed by atoms with Crippen molar-refractivity contribution in [3.8, 4) is 5.75 Å². The van der Waals surface area contributed by atoms with Crippen molar-refractivity contribution in [2.45, 2.75) is 36.6 Å². The highest BCUT2D eigenvalue weighted by molar-refractivity contribution is 7.90. The Bertz CT molecular complexity index is 1250. The predicted octanol–water partition coefficient (Wildman–Crippen LogP) is 2.41. The smallest absolute Gasteiger partial charge is 0.268 e. The van der Waals surface area contributed by atoms with Gasteiger partial charge >= 0.3 is 0 Å². The lowest BCUT2D eigenvalue weighted by Gasteiger charge is -2.20. The third-order valence-corrected chi connectivity index (χ3v) is 7.88.